The van der Waals surface area contributed by atoms with Crippen molar-refractivity contribution in [3.63, 3.8) is 0 Å². The average molecular weight is 306 g/mol. The number of nitrogens with zero attached hydrogens (tertiary/aromatic N) is 1. The zero-order chi connectivity index (χ0) is 15.5. The van der Waals surface area contributed by atoms with Crippen LogP contribution >= 0.6 is 0 Å². The molecule has 1 aromatic heterocycles. The van der Waals surface area contributed by atoms with E-state index in [0.29, 0.717) is 16.9 Å². The molecule has 0 unspecified atom stereocenters. The number of anilines is 1. The highest BCUT2D eigenvalue weighted by Crippen LogP contribution is 2.18. The summed E-state index contributed by atoms with van der Waals surface area (Å²) in [4.78, 5) is 0.107. The van der Waals surface area contributed by atoms with Crippen molar-refractivity contribution in [3.05, 3.63) is 41.2 Å². The topological polar surface area (TPSA) is 92.4 Å². The van der Waals surface area contributed by atoms with Gasteiger partial charge in [0.25, 0.3) is 10.0 Å². The van der Waals surface area contributed by atoms with Crippen LogP contribution in [-0.4, -0.2) is 25.3 Å². The van der Waals surface area contributed by atoms with Crippen LogP contribution in [0, 0.1) is 25.7 Å². The standard InChI is InChI=1S/C14H14N2O4S/c1-10-8-13(6-5-12(10)4-3-7-17)21(18,19)16-14-9-11(2)20-15-14/h5-6,8-9,17H,7H2,1-2H3,(H,15,16). The number of hydrogen-bond donors (Lipinski definition) is 2. The molecule has 0 atom stereocenters. The van der Waals surface area contributed by atoms with E-state index in [4.69, 9.17) is 9.63 Å². The van der Waals surface area contributed by atoms with Gasteiger partial charge in [-0.15, -0.1) is 0 Å². The first kappa shape index (κ1) is 15.1. The van der Waals surface area contributed by atoms with Gasteiger partial charge in [0.1, 0.15) is 12.4 Å². The van der Waals surface area contributed by atoms with Gasteiger partial charge in [-0.05, 0) is 37.6 Å². The van der Waals surface area contributed by atoms with Gasteiger partial charge in [0.2, 0.25) is 0 Å². The van der Waals surface area contributed by atoms with Crippen molar-refractivity contribution in [1.82, 2.24) is 5.16 Å². The Hall–Kier alpha value is -2.30. The minimum atomic E-state index is -3.73. The summed E-state index contributed by atoms with van der Waals surface area (Å²) in [6.45, 7) is 3.18. The molecule has 0 fully saturated rings. The molecule has 0 saturated heterocycles. The lowest BCUT2D eigenvalue weighted by atomic mass is 10.1. The van der Waals surface area contributed by atoms with E-state index in [1.54, 1.807) is 19.9 Å². The first-order valence-electron chi connectivity index (χ1n) is 6.09. The summed E-state index contributed by atoms with van der Waals surface area (Å²) in [5.41, 5.74) is 1.37. The fourth-order valence-corrected chi connectivity index (χ4v) is 2.76. The normalized spacial score (nSPS) is 10.8. The molecule has 1 aromatic carbocycles. The minimum Gasteiger partial charge on any atom is -0.384 e. The van der Waals surface area contributed by atoms with Crippen LogP contribution in [0.4, 0.5) is 5.82 Å². The number of nitrogens with one attached hydrogen (secondary N) is 1. The van der Waals surface area contributed by atoms with Crippen LogP contribution in [0.3, 0.4) is 0 Å². The Morgan fingerprint density at radius 3 is 2.67 bits per heavy atom. The van der Waals surface area contributed by atoms with E-state index in [2.05, 4.69) is 21.7 Å². The van der Waals surface area contributed by atoms with Crippen LogP contribution < -0.4 is 4.72 Å². The van der Waals surface area contributed by atoms with Crippen LogP contribution in [-0.2, 0) is 10.0 Å². The summed E-state index contributed by atoms with van der Waals surface area (Å²) < 4.78 is 31.6. The van der Waals surface area contributed by atoms with Crippen LogP contribution in [0.25, 0.3) is 0 Å². The van der Waals surface area contributed by atoms with Crippen LogP contribution in [0.2, 0.25) is 0 Å². The van der Waals surface area contributed by atoms with Crippen LogP contribution in [0.15, 0.2) is 33.7 Å². The number of aryl methyl sites for hydroxylation is 2. The second kappa shape index (κ2) is 5.99. The third-order valence-electron chi connectivity index (χ3n) is 2.68. The molecule has 0 aliphatic heterocycles. The molecular weight excluding hydrogens is 292 g/mol. The molecule has 0 spiro atoms. The first-order valence-corrected chi connectivity index (χ1v) is 7.57. The van der Waals surface area contributed by atoms with E-state index in [1.165, 1.54) is 18.2 Å². The third-order valence-corrected chi connectivity index (χ3v) is 4.03. The molecule has 0 bridgehead atoms. The van der Waals surface area contributed by atoms with Crippen molar-refractivity contribution in [2.24, 2.45) is 0 Å². The van der Waals surface area contributed by atoms with E-state index in [-0.39, 0.29) is 17.3 Å². The molecule has 0 saturated carbocycles. The number of benzene rings is 1. The highest BCUT2D eigenvalue weighted by Gasteiger charge is 2.16. The highest BCUT2D eigenvalue weighted by atomic mass is 32.2. The molecule has 110 valence electrons. The Balaban J connectivity index is 2.30. The summed E-state index contributed by atoms with van der Waals surface area (Å²) in [5, 5.41) is 12.3. The average Bonchev–Trinajstić information content (AvgIpc) is 2.82. The third kappa shape index (κ3) is 3.62. The second-order valence-electron chi connectivity index (χ2n) is 4.36. The van der Waals surface area contributed by atoms with Gasteiger partial charge in [-0.1, -0.05) is 17.0 Å². The quantitative estimate of drug-likeness (QED) is 0.837. The van der Waals surface area contributed by atoms with Crippen molar-refractivity contribution in [2.45, 2.75) is 18.7 Å². The Morgan fingerprint density at radius 2 is 2.10 bits per heavy atom. The predicted octanol–water partition coefficient (Wildman–Crippen LogP) is 1.44. The van der Waals surface area contributed by atoms with Gasteiger partial charge in [-0.3, -0.25) is 4.72 Å². The molecule has 1 heterocycles. The maximum atomic E-state index is 12.2. The summed E-state index contributed by atoms with van der Waals surface area (Å²) in [6.07, 6.45) is 0. The summed E-state index contributed by atoms with van der Waals surface area (Å²) in [6, 6.07) is 6.05. The Labute approximate surface area is 122 Å². The molecule has 0 radical (unpaired) electrons. The van der Waals surface area contributed by atoms with E-state index >= 15 is 0 Å². The number of aliphatic hydroxyl groups is 1. The first-order chi connectivity index (χ1) is 9.92. The molecule has 0 amide bonds. The predicted molar refractivity (Wildman–Crippen MR) is 77.2 cm³/mol. The van der Waals surface area contributed by atoms with Gasteiger partial charge in [0.05, 0.1) is 4.90 Å². The lowest BCUT2D eigenvalue weighted by Gasteiger charge is -2.06. The van der Waals surface area contributed by atoms with Crippen molar-refractivity contribution in [3.8, 4) is 11.8 Å². The van der Waals surface area contributed by atoms with Gasteiger partial charge in [0, 0.05) is 11.6 Å². The number of sulfonamides is 1. The van der Waals surface area contributed by atoms with Crippen molar-refractivity contribution in [2.75, 3.05) is 11.3 Å². The minimum absolute atomic E-state index is 0.107. The van der Waals surface area contributed by atoms with Gasteiger partial charge < -0.3 is 9.63 Å². The zero-order valence-corrected chi connectivity index (χ0v) is 12.4. The van der Waals surface area contributed by atoms with Gasteiger partial charge in [-0.2, -0.15) is 0 Å². The maximum Gasteiger partial charge on any atom is 0.263 e. The Morgan fingerprint density at radius 1 is 1.33 bits per heavy atom. The smallest absolute Gasteiger partial charge is 0.263 e. The molecule has 0 aliphatic rings. The highest BCUT2D eigenvalue weighted by molar-refractivity contribution is 7.92. The molecule has 2 rings (SSSR count). The lowest BCUT2D eigenvalue weighted by Crippen LogP contribution is -2.13. The number of rotatable bonds is 3. The SMILES string of the molecule is Cc1cc(NS(=O)(=O)c2ccc(C#CCO)c(C)c2)no1. The monoisotopic (exact) mass is 306 g/mol. The van der Waals surface area contributed by atoms with Crippen molar-refractivity contribution in [1.29, 1.82) is 0 Å². The van der Waals surface area contributed by atoms with E-state index in [9.17, 15) is 8.42 Å². The molecule has 0 aliphatic carbocycles. The zero-order valence-electron chi connectivity index (χ0n) is 11.5. The van der Waals surface area contributed by atoms with E-state index in [0.717, 1.165) is 0 Å². The van der Waals surface area contributed by atoms with Crippen LogP contribution in [0.5, 0.6) is 0 Å². The van der Waals surface area contributed by atoms with Gasteiger partial charge in [-0.25, -0.2) is 8.42 Å². The summed E-state index contributed by atoms with van der Waals surface area (Å²) in [7, 11) is -3.73. The molecule has 2 aromatic rings. The number of aliphatic hydroxyl groups excluding tert-OH is 1. The molecule has 7 heteroatoms. The molecule has 21 heavy (non-hydrogen) atoms. The number of hydrogen-bond acceptors (Lipinski definition) is 5. The van der Waals surface area contributed by atoms with Gasteiger partial charge >= 0.3 is 0 Å². The van der Waals surface area contributed by atoms with Gasteiger partial charge in [0.15, 0.2) is 5.82 Å². The Bertz CT molecular complexity index is 813. The summed E-state index contributed by atoms with van der Waals surface area (Å²) >= 11 is 0. The number of aromatic nitrogens is 1. The molecular formula is C14H14N2O4S. The largest absolute Gasteiger partial charge is 0.384 e. The van der Waals surface area contributed by atoms with E-state index < -0.39 is 10.0 Å². The van der Waals surface area contributed by atoms with Crippen LogP contribution in [0.1, 0.15) is 16.9 Å². The second-order valence-corrected chi connectivity index (χ2v) is 6.05. The fourth-order valence-electron chi connectivity index (χ4n) is 1.69. The Kier molecular flexibility index (Phi) is 4.31. The fraction of sp³-hybridized carbons (Fsp3) is 0.214. The molecule has 2 N–H and O–H groups in total. The lowest BCUT2D eigenvalue weighted by molar-refractivity contribution is 0.350. The van der Waals surface area contributed by atoms with Crippen molar-refractivity contribution >= 4 is 15.8 Å². The van der Waals surface area contributed by atoms with E-state index in [1.807, 2.05) is 0 Å². The van der Waals surface area contributed by atoms with Crippen molar-refractivity contribution < 1.29 is 18.0 Å². The summed E-state index contributed by atoms with van der Waals surface area (Å²) in [5.74, 6) is 5.92. The maximum absolute atomic E-state index is 12.2. The molecule has 6 nitrogen and oxygen atoms in total.